The lowest BCUT2D eigenvalue weighted by Gasteiger charge is -2.08. The average molecular weight is 305 g/mol. The molecule has 0 aliphatic carbocycles. The molecule has 0 atom stereocenters. The third-order valence-electron chi connectivity index (χ3n) is 2.85. The van der Waals surface area contributed by atoms with E-state index in [4.69, 9.17) is 5.73 Å². The van der Waals surface area contributed by atoms with Crippen molar-refractivity contribution in [3.63, 3.8) is 0 Å². The number of fused-ring (bicyclic) bond motifs is 1. The van der Waals surface area contributed by atoms with Crippen molar-refractivity contribution in [1.29, 1.82) is 0 Å². The van der Waals surface area contributed by atoms with Gasteiger partial charge >= 0.3 is 0 Å². The number of thiophene rings is 1. The molecule has 0 aliphatic heterocycles. The summed E-state index contributed by atoms with van der Waals surface area (Å²) in [5.74, 6) is -0.221. The number of amides is 2. The first-order valence-corrected chi connectivity index (χ1v) is 7.64. The minimum absolute atomic E-state index is 0.0607. The quantitative estimate of drug-likeness (QED) is 0.740. The number of carbonyl (C=O) groups is 2. The van der Waals surface area contributed by atoms with E-state index < -0.39 is 0 Å². The number of rotatable bonds is 5. The molecule has 0 bridgehead atoms. The Labute approximate surface area is 127 Å². The Morgan fingerprint density at radius 2 is 2.05 bits per heavy atom. The monoisotopic (exact) mass is 305 g/mol. The van der Waals surface area contributed by atoms with Crippen LogP contribution in [0, 0.1) is 0 Å². The molecule has 2 rings (SSSR count). The molecule has 1 aromatic heterocycles. The van der Waals surface area contributed by atoms with Crippen molar-refractivity contribution in [2.75, 3.05) is 12.3 Å². The number of anilines is 1. The molecule has 1 heterocycles. The van der Waals surface area contributed by atoms with E-state index >= 15 is 0 Å². The molecule has 5 nitrogen and oxygen atoms in total. The third-order valence-corrected chi connectivity index (χ3v) is 3.97. The number of nitrogens with two attached hydrogens (primary N) is 1. The Kier molecular flexibility index (Phi) is 4.80. The van der Waals surface area contributed by atoms with Gasteiger partial charge in [-0.15, -0.1) is 11.3 Å². The minimum atomic E-state index is -0.160. The van der Waals surface area contributed by atoms with Gasteiger partial charge in [-0.1, -0.05) is 0 Å². The van der Waals surface area contributed by atoms with Crippen molar-refractivity contribution in [2.24, 2.45) is 0 Å². The van der Waals surface area contributed by atoms with Crippen molar-refractivity contribution in [1.82, 2.24) is 10.6 Å². The van der Waals surface area contributed by atoms with E-state index in [9.17, 15) is 9.59 Å². The van der Waals surface area contributed by atoms with Crippen LogP contribution in [-0.2, 0) is 4.79 Å². The molecule has 2 amide bonds. The molecule has 1 aromatic carbocycles. The molecular formula is C15H19N3O2S. The van der Waals surface area contributed by atoms with Gasteiger partial charge in [-0.25, -0.2) is 0 Å². The zero-order valence-corrected chi connectivity index (χ0v) is 12.9. The highest BCUT2D eigenvalue weighted by atomic mass is 32.1. The summed E-state index contributed by atoms with van der Waals surface area (Å²) in [6.07, 6.45) is 0.280. The molecule has 0 saturated heterocycles. The maximum Gasteiger partial charge on any atom is 0.261 e. The number of nitrogens with one attached hydrogen (secondary N) is 2. The fraction of sp³-hybridized carbons (Fsp3) is 0.333. The molecule has 112 valence electrons. The van der Waals surface area contributed by atoms with E-state index in [1.54, 1.807) is 0 Å². The second-order valence-electron chi connectivity index (χ2n) is 5.14. The van der Waals surface area contributed by atoms with Gasteiger partial charge in [0.1, 0.15) is 0 Å². The predicted octanol–water partition coefficient (Wildman–Crippen LogP) is 2.13. The van der Waals surface area contributed by atoms with E-state index in [-0.39, 0.29) is 24.3 Å². The van der Waals surface area contributed by atoms with Crippen LogP contribution >= 0.6 is 11.3 Å². The van der Waals surface area contributed by atoms with Crippen LogP contribution in [0.1, 0.15) is 29.9 Å². The lowest BCUT2D eigenvalue weighted by atomic mass is 10.2. The molecular weight excluding hydrogens is 286 g/mol. The Hall–Kier alpha value is -2.08. The smallest absolute Gasteiger partial charge is 0.261 e. The van der Waals surface area contributed by atoms with Gasteiger partial charge < -0.3 is 16.4 Å². The van der Waals surface area contributed by atoms with Crippen LogP contribution in [0.4, 0.5) is 5.69 Å². The Bertz CT molecular complexity index is 664. The van der Waals surface area contributed by atoms with Crippen LogP contribution < -0.4 is 16.4 Å². The molecule has 4 N–H and O–H groups in total. The highest BCUT2D eigenvalue weighted by Gasteiger charge is 2.11. The predicted molar refractivity (Wildman–Crippen MR) is 86.5 cm³/mol. The number of nitrogen functional groups attached to an aromatic ring is 1. The first kappa shape index (κ1) is 15.3. The van der Waals surface area contributed by atoms with Crippen molar-refractivity contribution in [3.05, 3.63) is 29.1 Å². The lowest BCUT2D eigenvalue weighted by molar-refractivity contribution is -0.121. The van der Waals surface area contributed by atoms with Gasteiger partial charge in [0.15, 0.2) is 0 Å². The number of hydrogen-bond acceptors (Lipinski definition) is 4. The molecule has 0 saturated carbocycles. The van der Waals surface area contributed by atoms with E-state index in [0.717, 1.165) is 10.1 Å². The van der Waals surface area contributed by atoms with Gasteiger partial charge in [-0.3, -0.25) is 9.59 Å². The van der Waals surface area contributed by atoms with Crippen molar-refractivity contribution >= 4 is 38.9 Å². The largest absolute Gasteiger partial charge is 0.399 e. The molecule has 0 aliphatic rings. The van der Waals surface area contributed by atoms with Gasteiger partial charge in [0.2, 0.25) is 5.91 Å². The average Bonchev–Trinajstić information content (AvgIpc) is 2.80. The van der Waals surface area contributed by atoms with Crippen LogP contribution in [-0.4, -0.2) is 24.4 Å². The normalized spacial score (nSPS) is 10.8. The first-order valence-electron chi connectivity index (χ1n) is 6.82. The van der Waals surface area contributed by atoms with Crippen molar-refractivity contribution < 1.29 is 9.59 Å². The topological polar surface area (TPSA) is 84.2 Å². The van der Waals surface area contributed by atoms with Crippen LogP contribution in [0.25, 0.3) is 10.1 Å². The maximum absolute atomic E-state index is 12.0. The van der Waals surface area contributed by atoms with Crippen molar-refractivity contribution in [3.8, 4) is 0 Å². The van der Waals surface area contributed by atoms with Crippen LogP contribution in [0.3, 0.4) is 0 Å². The van der Waals surface area contributed by atoms with Gasteiger partial charge in [0, 0.05) is 29.4 Å². The van der Waals surface area contributed by atoms with Crippen LogP contribution in [0.2, 0.25) is 0 Å². The van der Waals surface area contributed by atoms with E-state index in [1.807, 2.05) is 38.1 Å². The highest BCUT2D eigenvalue weighted by molar-refractivity contribution is 7.20. The van der Waals surface area contributed by atoms with Gasteiger partial charge in [0.25, 0.3) is 5.91 Å². The number of benzene rings is 1. The van der Waals surface area contributed by atoms with Crippen LogP contribution in [0.15, 0.2) is 24.3 Å². The van der Waals surface area contributed by atoms with Gasteiger partial charge in [-0.2, -0.15) is 0 Å². The Morgan fingerprint density at radius 1 is 1.29 bits per heavy atom. The van der Waals surface area contributed by atoms with Crippen molar-refractivity contribution in [2.45, 2.75) is 26.3 Å². The molecule has 0 fully saturated rings. The molecule has 2 aromatic rings. The van der Waals surface area contributed by atoms with Gasteiger partial charge in [-0.05, 0) is 43.5 Å². The number of hydrogen-bond donors (Lipinski definition) is 3. The summed E-state index contributed by atoms with van der Waals surface area (Å²) in [5.41, 5.74) is 6.40. The van der Waals surface area contributed by atoms with Crippen LogP contribution in [0.5, 0.6) is 0 Å². The Balaban J connectivity index is 1.91. The molecule has 0 radical (unpaired) electrons. The second kappa shape index (κ2) is 6.58. The molecule has 21 heavy (non-hydrogen) atoms. The standard InChI is InChI=1S/C15H19N3O2S/c1-9(2)18-14(19)5-6-17-15(20)13-8-10-7-11(16)3-4-12(10)21-13/h3-4,7-9H,5-6,16H2,1-2H3,(H,17,20)(H,18,19). The maximum atomic E-state index is 12.0. The molecule has 6 heteroatoms. The first-order chi connectivity index (χ1) is 9.95. The van der Waals surface area contributed by atoms with Gasteiger partial charge in [0.05, 0.1) is 4.88 Å². The highest BCUT2D eigenvalue weighted by Crippen LogP contribution is 2.27. The summed E-state index contributed by atoms with van der Waals surface area (Å²) >= 11 is 1.42. The summed E-state index contributed by atoms with van der Waals surface area (Å²) in [4.78, 5) is 24.1. The third kappa shape index (κ3) is 4.19. The molecule has 0 unspecified atom stereocenters. The zero-order valence-electron chi connectivity index (χ0n) is 12.1. The lowest BCUT2D eigenvalue weighted by Crippen LogP contribution is -2.33. The van der Waals surface area contributed by atoms with E-state index in [1.165, 1.54) is 11.3 Å². The van der Waals surface area contributed by atoms with E-state index in [2.05, 4.69) is 10.6 Å². The minimum Gasteiger partial charge on any atom is -0.399 e. The number of carbonyl (C=O) groups excluding carboxylic acids is 2. The fourth-order valence-electron chi connectivity index (χ4n) is 1.94. The Morgan fingerprint density at radius 3 is 2.76 bits per heavy atom. The second-order valence-corrected chi connectivity index (χ2v) is 6.22. The summed E-state index contributed by atoms with van der Waals surface area (Å²) in [6.45, 7) is 4.13. The SMILES string of the molecule is CC(C)NC(=O)CCNC(=O)c1cc2cc(N)ccc2s1. The summed E-state index contributed by atoms with van der Waals surface area (Å²) in [5, 5.41) is 6.50. The summed E-state index contributed by atoms with van der Waals surface area (Å²) in [7, 11) is 0. The summed E-state index contributed by atoms with van der Waals surface area (Å²) in [6, 6.07) is 7.50. The van der Waals surface area contributed by atoms with E-state index in [0.29, 0.717) is 17.1 Å². The summed E-state index contributed by atoms with van der Waals surface area (Å²) < 4.78 is 1.02. The fourth-order valence-corrected chi connectivity index (χ4v) is 2.90. The molecule has 0 spiro atoms. The zero-order chi connectivity index (χ0) is 15.4.